The second kappa shape index (κ2) is 3.13. The first-order valence-corrected chi connectivity index (χ1v) is 4.82. The van der Waals surface area contributed by atoms with Gasteiger partial charge in [-0.25, -0.2) is 0 Å². The van der Waals surface area contributed by atoms with Gasteiger partial charge in [-0.3, -0.25) is 4.79 Å². The van der Waals surface area contributed by atoms with Crippen molar-refractivity contribution in [3.63, 3.8) is 0 Å². The molecule has 1 amide bonds. The topological polar surface area (TPSA) is 51.2 Å². The van der Waals surface area contributed by atoms with Crippen LogP contribution in [0.25, 0.3) is 0 Å². The first-order valence-electron chi connectivity index (χ1n) is 3.74. The summed E-state index contributed by atoms with van der Waals surface area (Å²) in [7, 11) is 1.56. The lowest BCUT2D eigenvalue weighted by Gasteiger charge is -2.03. The average molecular weight is 290 g/mol. The highest BCUT2D eigenvalue weighted by Gasteiger charge is 2.22. The number of nitrogens with zero attached hydrogens (tertiary/aromatic N) is 1. The van der Waals surface area contributed by atoms with Crippen molar-refractivity contribution in [1.82, 2.24) is 4.98 Å². The third-order valence-corrected chi connectivity index (χ3v) is 2.81. The minimum Gasteiger partial charge on any atom is -0.481 e. The molecule has 0 aliphatic carbocycles. The van der Waals surface area contributed by atoms with E-state index in [-0.39, 0.29) is 5.91 Å². The molecule has 2 rings (SSSR count). The standard InChI is InChI=1S/C8H7IN2O2/c1-13-7-3-5(9)4-2-6(12)10-8(4)11-7/h3H,2H2,1H3,(H,10,11,12). The summed E-state index contributed by atoms with van der Waals surface area (Å²) in [5.41, 5.74) is 0.964. The maximum Gasteiger partial charge on any atom is 0.230 e. The number of hydrogen-bond donors (Lipinski definition) is 1. The van der Waals surface area contributed by atoms with Crippen molar-refractivity contribution in [2.45, 2.75) is 6.42 Å². The summed E-state index contributed by atoms with van der Waals surface area (Å²) in [5.74, 6) is 1.16. The van der Waals surface area contributed by atoms with Gasteiger partial charge in [-0.1, -0.05) is 0 Å². The van der Waals surface area contributed by atoms with E-state index in [2.05, 4.69) is 32.9 Å². The molecule has 2 heterocycles. The molecule has 4 nitrogen and oxygen atoms in total. The van der Waals surface area contributed by atoms with Gasteiger partial charge >= 0.3 is 0 Å². The first-order chi connectivity index (χ1) is 6.20. The summed E-state index contributed by atoms with van der Waals surface area (Å²) < 4.78 is 6.00. The smallest absolute Gasteiger partial charge is 0.230 e. The molecule has 0 unspecified atom stereocenters. The molecule has 0 fully saturated rings. The maximum absolute atomic E-state index is 11.1. The van der Waals surface area contributed by atoms with Crippen LogP contribution in [-0.4, -0.2) is 18.0 Å². The number of aromatic nitrogens is 1. The van der Waals surface area contributed by atoms with Crippen molar-refractivity contribution in [2.24, 2.45) is 0 Å². The minimum atomic E-state index is -0.00586. The molecule has 0 saturated heterocycles. The Hall–Kier alpha value is -0.850. The van der Waals surface area contributed by atoms with E-state index in [1.807, 2.05) is 6.07 Å². The summed E-state index contributed by atoms with van der Waals surface area (Å²) in [6.07, 6.45) is 0.421. The lowest BCUT2D eigenvalue weighted by Crippen LogP contribution is -2.04. The van der Waals surface area contributed by atoms with E-state index < -0.39 is 0 Å². The molecule has 1 aromatic heterocycles. The van der Waals surface area contributed by atoms with Gasteiger partial charge < -0.3 is 10.1 Å². The third kappa shape index (κ3) is 1.48. The Balaban J connectivity index is 2.52. The third-order valence-electron chi connectivity index (χ3n) is 1.85. The van der Waals surface area contributed by atoms with E-state index in [0.29, 0.717) is 18.1 Å². The van der Waals surface area contributed by atoms with Crippen molar-refractivity contribution in [3.8, 4) is 5.88 Å². The molecule has 0 spiro atoms. The number of rotatable bonds is 1. The lowest BCUT2D eigenvalue weighted by molar-refractivity contribution is -0.115. The predicted octanol–water partition coefficient (Wildman–Crippen LogP) is 1.19. The molecule has 0 saturated carbocycles. The Morgan fingerprint density at radius 1 is 1.69 bits per heavy atom. The number of carbonyl (C=O) groups is 1. The molecular weight excluding hydrogens is 283 g/mol. The van der Waals surface area contributed by atoms with Gasteiger partial charge in [0.05, 0.1) is 13.5 Å². The van der Waals surface area contributed by atoms with Crippen molar-refractivity contribution in [2.75, 3.05) is 12.4 Å². The molecule has 1 aliphatic heterocycles. The van der Waals surface area contributed by atoms with Crippen LogP contribution in [0.3, 0.4) is 0 Å². The van der Waals surface area contributed by atoms with E-state index in [9.17, 15) is 4.79 Å². The summed E-state index contributed by atoms with van der Waals surface area (Å²) in [6.45, 7) is 0. The molecule has 68 valence electrons. The number of nitrogens with one attached hydrogen (secondary N) is 1. The quantitative estimate of drug-likeness (QED) is 0.790. The lowest BCUT2D eigenvalue weighted by atomic mass is 10.2. The fraction of sp³-hybridized carbons (Fsp3) is 0.250. The highest BCUT2D eigenvalue weighted by Crippen LogP contribution is 2.28. The number of pyridine rings is 1. The first kappa shape index (κ1) is 8.74. The molecule has 0 radical (unpaired) electrons. The van der Waals surface area contributed by atoms with E-state index in [1.54, 1.807) is 7.11 Å². The molecule has 1 aromatic rings. The highest BCUT2D eigenvalue weighted by atomic mass is 127. The van der Waals surface area contributed by atoms with Crippen LogP contribution in [-0.2, 0) is 11.2 Å². The zero-order chi connectivity index (χ0) is 9.42. The van der Waals surface area contributed by atoms with Crippen LogP contribution in [0.5, 0.6) is 5.88 Å². The summed E-state index contributed by atoms with van der Waals surface area (Å²) >= 11 is 2.17. The van der Waals surface area contributed by atoms with Crippen LogP contribution in [0.1, 0.15) is 5.56 Å². The Labute approximate surface area is 88.8 Å². The van der Waals surface area contributed by atoms with Crippen molar-refractivity contribution >= 4 is 34.3 Å². The average Bonchev–Trinajstić information content (AvgIpc) is 2.46. The van der Waals surface area contributed by atoms with Crippen LogP contribution >= 0.6 is 22.6 Å². The monoisotopic (exact) mass is 290 g/mol. The molecule has 1 N–H and O–H groups in total. The molecule has 0 bridgehead atoms. The Morgan fingerprint density at radius 3 is 3.15 bits per heavy atom. The SMILES string of the molecule is COc1cc(I)c2c(n1)NC(=O)C2. The van der Waals surface area contributed by atoms with Crippen LogP contribution in [0.4, 0.5) is 5.82 Å². The van der Waals surface area contributed by atoms with E-state index in [1.165, 1.54) is 0 Å². The molecule has 0 atom stereocenters. The molecule has 1 aliphatic rings. The van der Waals surface area contributed by atoms with E-state index in [4.69, 9.17) is 4.74 Å². The molecule has 0 aromatic carbocycles. The fourth-order valence-corrected chi connectivity index (χ4v) is 1.94. The van der Waals surface area contributed by atoms with Gasteiger partial charge in [-0.2, -0.15) is 4.98 Å². The summed E-state index contributed by atoms with van der Waals surface area (Å²) in [5, 5.41) is 2.68. The summed E-state index contributed by atoms with van der Waals surface area (Å²) in [6, 6.07) is 1.82. The zero-order valence-electron chi connectivity index (χ0n) is 6.93. The van der Waals surface area contributed by atoms with Crippen molar-refractivity contribution in [3.05, 3.63) is 15.2 Å². The number of hydrogen-bond acceptors (Lipinski definition) is 3. The molecule has 13 heavy (non-hydrogen) atoms. The second-order valence-electron chi connectivity index (χ2n) is 2.70. The zero-order valence-corrected chi connectivity index (χ0v) is 9.08. The number of ether oxygens (including phenoxy) is 1. The normalized spacial score (nSPS) is 13.8. The number of fused-ring (bicyclic) bond motifs is 1. The molecular formula is C8H7IN2O2. The van der Waals surface area contributed by atoms with Gasteiger partial charge in [-0.05, 0) is 22.6 Å². The van der Waals surface area contributed by atoms with Gasteiger partial charge in [0.25, 0.3) is 0 Å². The summed E-state index contributed by atoms with van der Waals surface area (Å²) in [4.78, 5) is 15.2. The maximum atomic E-state index is 11.1. The Kier molecular flexibility index (Phi) is 2.10. The number of methoxy groups -OCH3 is 1. The van der Waals surface area contributed by atoms with Crippen LogP contribution in [0, 0.1) is 3.57 Å². The number of carbonyl (C=O) groups excluding carboxylic acids is 1. The minimum absolute atomic E-state index is 0.00586. The van der Waals surface area contributed by atoms with E-state index >= 15 is 0 Å². The number of halogens is 1. The van der Waals surface area contributed by atoms with E-state index in [0.717, 1.165) is 9.13 Å². The largest absolute Gasteiger partial charge is 0.481 e. The van der Waals surface area contributed by atoms with Gasteiger partial charge in [0, 0.05) is 15.2 Å². The Bertz CT molecular complexity index is 379. The van der Waals surface area contributed by atoms with Crippen molar-refractivity contribution < 1.29 is 9.53 Å². The predicted molar refractivity (Wildman–Crippen MR) is 55.8 cm³/mol. The van der Waals surface area contributed by atoms with Gasteiger partial charge in [-0.15, -0.1) is 0 Å². The van der Waals surface area contributed by atoms with Gasteiger partial charge in [0.1, 0.15) is 5.82 Å². The second-order valence-corrected chi connectivity index (χ2v) is 3.86. The van der Waals surface area contributed by atoms with Crippen LogP contribution < -0.4 is 10.1 Å². The fourth-order valence-electron chi connectivity index (χ4n) is 1.23. The Morgan fingerprint density at radius 2 is 2.46 bits per heavy atom. The van der Waals surface area contributed by atoms with Gasteiger partial charge in [0.15, 0.2) is 0 Å². The van der Waals surface area contributed by atoms with Crippen LogP contribution in [0.15, 0.2) is 6.07 Å². The van der Waals surface area contributed by atoms with Gasteiger partial charge in [0.2, 0.25) is 11.8 Å². The number of amides is 1. The van der Waals surface area contributed by atoms with Crippen LogP contribution in [0.2, 0.25) is 0 Å². The number of anilines is 1. The highest BCUT2D eigenvalue weighted by molar-refractivity contribution is 14.1. The van der Waals surface area contributed by atoms with Crippen molar-refractivity contribution in [1.29, 1.82) is 0 Å². The molecule has 5 heteroatoms.